The minimum atomic E-state index is -0.152. The first-order chi connectivity index (χ1) is 11.6. The maximum Gasteiger partial charge on any atom is 0.258 e. The highest BCUT2D eigenvalue weighted by Crippen LogP contribution is 2.18. The van der Waals surface area contributed by atoms with Gasteiger partial charge in [0.15, 0.2) is 12.4 Å². The lowest BCUT2D eigenvalue weighted by Gasteiger charge is -2.11. The summed E-state index contributed by atoms with van der Waals surface area (Å²) in [5.74, 6) is 2.45. The number of carbonyl (C=O) groups excluding carboxylic acids is 1. The molecule has 6 nitrogen and oxygen atoms in total. The van der Waals surface area contributed by atoms with Crippen molar-refractivity contribution >= 4 is 5.91 Å². The molecule has 128 valence electrons. The summed E-state index contributed by atoms with van der Waals surface area (Å²) in [5, 5.41) is 11.3. The summed E-state index contributed by atoms with van der Waals surface area (Å²) in [6.45, 7) is 5.34. The molecule has 0 saturated heterocycles. The third kappa shape index (κ3) is 3.93. The number of ether oxygens (including phenoxy) is 1. The van der Waals surface area contributed by atoms with Gasteiger partial charge in [0.1, 0.15) is 11.6 Å². The standard InChI is InChI=1S/C18H24N4O2/c1-13-7-8-15(14(2)10-13)24-12-18(23)19-11-17-21-20-16-6-4-3-5-9-22(16)17/h7-8,10H,3-6,9,11-12H2,1-2H3,(H,19,23). The Morgan fingerprint density at radius 3 is 2.96 bits per heavy atom. The average Bonchev–Trinajstić information content (AvgIpc) is 2.78. The van der Waals surface area contributed by atoms with Gasteiger partial charge in [-0.2, -0.15) is 0 Å². The number of rotatable bonds is 5. The Balaban J connectivity index is 1.52. The highest BCUT2D eigenvalue weighted by Gasteiger charge is 2.15. The molecule has 1 aliphatic rings. The van der Waals surface area contributed by atoms with Crippen molar-refractivity contribution in [2.24, 2.45) is 0 Å². The molecular formula is C18H24N4O2. The molecule has 24 heavy (non-hydrogen) atoms. The molecule has 0 spiro atoms. The second-order valence-corrected chi connectivity index (χ2v) is 6.33. The highest BCUT2D eigenvalue weighted by atomic mass is 16.5. The smallest absolute Gasteiger partial charge is 0.258 e. The molecule has 1 aromatic carbocycles. The number of nitrogens with one attached hydrogen (secondary N) is 1. The fourth-order valence-corrected chi connectivity index (χ4v) is 3.01. The predicted molar refractivity (Wildman–Crippen MR) is 90.8 cm³/mol. The minimum absolute atomic E-state index is 0.00486. The van der Waals surface area contributed by atoms with E-state index in [0.29, 0.717) is 6.54 Å². The molecule has 2 heterocycles. The van der Waals surface area contributed by atoms with E-state index in [9.17, 15) is 4.79 Å². The van der Waals surface area contributed by atoms with Gasteiger partial charge < -0.3 is 14.6 Å². The number of amides is 1. The molecule has 0 bridgehead atoms. The van der Waals surface area contributed by atoms with Crippen molar-refractivity contribution in [1.29, 1.82) is 0 Å². The van der Waals surface area contributed by atoms with Gasteiger partial charge in [-0.1, -0.05) is 24.1 Å². The maximum absolute atomic E-state index is 12.0. The summed E-state index contributed by atoms with van der Waals surface area (Å²) in [7, 11) is 0. The summed E-state index contributed by atoms with van der Waals surface area (Å²) < 4.78 is 7.74. The van der Waals surface area contributed by atoms with E-state index in [1.54, 1.807) is 0 Å². The Morgan fingerprint density at radius 1 is 1.25 bits per heavy atom. The van der Waals surface area contributed by atoms with Crippen LogP contribution in [-0.4, -0.2) is 27.3 Å². The van der Waals surface area contributed by atoms with Crippen LogP contribution in [0.15, 0.2) is 18.2 Å². The van der Waals surface area contributed by atoms with E-state index in [1.807, 2.05) is 32.0 Å². The molecular weight excluding hydrogens is 304 g/mol. The Kier molecular flexibility index (Phi) is 5.13. The fourth-order valence-electron chi connectivity index (χ4n) is 3.01. The average molecular weight is 328 g/mol. The molecule has 0 saturated carbocycles. The van der Waals surface area contributed by atoms with E-state index in [4.69, 9.17) is 4.74 Å². The van der Waals surface area contributed by atoms with Gasteiger partial charge >= 0.3 is 0 Å². The van der Waals surface area contributed by atoms with Crippen LogP contribution in [0.3, 0.4) is 0 Å². The van der Waals surface area contributed by atoms with Crippen molar-refractivity contribution < 1.29 is 9.53 Å². The van der Waals surface area contributed by atoms with Gasteiger partial charge in [0.05, 0.1) is 6.54 Å². The normalized spacial score (nSPS) is 13.9. The molecule has 6 heteroatoms. The van der Waals surface area contributed by atoms with Gasteiger partial charge in [-0.3, -0.25) is 4.79 Å². The summed E-state index contributed by atoms with van der Waals surface area (Å²) in [4.78, 5) is 12.0. The first-order valence-electron chi connectivity index (χ1n) is 8.51. The van der Waals surface area contributed by atoms with Crippen LogP contribution >= 0.6 is 0 Å². The fraction of sp³-hybridized carbons (Fsp3) is 0.500. The highest BCUT2D eigenvalue weighted by molar-refractivity contribution is 5.77. The van der Waals surface area contributed by atoms with Crippen molar-refractivity contribution in [3.8, 4) is 5.75 Å². The molecule has 1 aromatic heterocycles. The SMILES string of the molecule is Cc1ccc(OCC(=O)NCc2nnc3n2CCCCC3)c(C)c1. The third-order valence-electron chi connectivity index (χ3n) is 4.32. The number of carbonyl (C=O) groups is 1. The molecule has 3 rings (SSSR count). The number of aryl methyl sites for hydroxylation is 3. The van der Waals surface area contributed by atoms with Gasteiger partial charge in [-0.25, -0.2) is 0 Å². The molecule has 0 unspecified atom stereocenters. The maximum atomic E-state index is 12.0. The molecule has 1 aliphatic heterocycles. The van der Waals surface area contributed by atoms with Crippen LogP contribution in [0.1, 0.15) is 42.0 Å². The molecule has 0 fully saturated rings. The predicted octanol–water partition coefficient (Wildman–Crippen LogP) is 2.32. The van der Waals surface area contributed by atoms with E-state index in [0.717, 1.165) is 48.8 Å². The third-order valence-corrected chi connectivity index (χ3v) is 4.32. The van der Waals surface area contributed by atoms with E-state index in [1.165, 1.54) is 12.0 Å². The topological polar surface area (TPSA) is 69.0 Å². The van der Waals surface area contributed by atoms with Gasteiger partial charge in [-0.15, -0.1) is 10.2 Å². The van der Waals surface area contributed by atoms with Crippen molar-refractivity contribution in [3.05, 3.63) is 41.0 Å². The first-order valence-corrected chi connectivity index (χ1v) is 8.51. The lowest BCUT2D eigenvalue weighted by molar-refractivity contribution is -0.123. The van der Waals surface area contributed by atoms with Crippen molar-refractivity contribution in [2.75, 3.05) is 6.61 Å². The van der Waals surface area contributed by atoms with E-state index in [2.05, 4.69) is 20.1 Å². The molecule has 0 radical (unpaired) electrons. The Bertz CT molecular complexity index is 724. The van der Waals surface area contributed by atoms with E-state index < -0.39 is 0 Å². The summed E-state index contributed by atoms with van der Waals surface area (Å²) in [5.41, 5.74) is 2.21. The van der Waals surface area contributed by atoms with Crippen LogP contribution in [0.25, 0.3) is 0 Å². The summed E-state index contributed by atoms with van der Waals surface area (Å²) in [6, 6.07) is 5.92. The second-order valence-electron chi connectivity index (χ2n) is 6.33. The number of nitrogens with zero attached hydrogens (tertiary/aromatic N) is 3. The number of hydrogen-bond acceptors (Lipinski definition) is 4. The summed E-state index contributed by atoms with van der Waals surface area (Å²) in [6.07, 6.45) is 4.49. The lowest BCUT2D eigenvalue weighted by Crippen LogP contribution is -2.29. The number of fused-ring (bicyclic) bond motifs is 1. The van der Waals surface area contributed by atoms with E-state index in [-0.39, 0.29) is 12.5 Å². The lowest BCUT2D eigenvalue weighted by atomic mass is 10.1. The Labute approximate surface area is 142 Å². The molecule has 0 aliphatic carbocycles. The van der Waals surface area contributed by atoms with Gasteiger partial charge in [-0.05, 0) is 38.3 Å². The largest absolute Gasteiger partial charge is 0.484 e. The van der Waals surface area contributed by atoms with Crippen molar-refractivity contribution in [3.63, 3.8) is 0 Å². The monoisotopic (exact) mass is 328 g/mol. The van der Waals surface area contributed by atoms with Crippen LogP contribution in [0, 0.1) is 13.8 Å². The summed E-state index contributed by atoms with van der Waals surface area (Å²) >= 11 is 0. The first kappa shape index (κ1) is 16.5. The van der Waals surface area contributed by atoms with Gasteiger partial charge in [0.25, 0.3) is 5.91 Å². The number of hydrogen-bond donors (Lipinski definition) is 1. The molecule has 1 N–H and O–H groups in total. The van der Waals surface area contributed by atoms with Gasteiger partial charge in [0.2, 0.25) is 0 Å². The molecule has 1 amide bonds. The number of benzene rings is 1. The minimum Gasteiger partial charge on any atom is -0.484 e. The Hall–Kier alpha value is -2.37. The zero-order chi connectivity index (χ0) is 16.9. The Morgan fingerprint density at radius 2 is 2.12 bits per heavy atom. The zero-order valence-electron chi connectivity index (χ0n) is 14.3. The van der Waals surface area contributed by atoms with Crippen LogP contribution < -0.4 is 10.1 Å². The second kappa shape index (κ2) is 7.47. The van der Waals surface area contributed by atoms with Crippen molar-refractivity contribution in [2.45, 2.75) is 52.6 Å². The van der Waals surface area contributed by atoms with Crippen LogP contribution in [-0.2, 0) is 24.3 Å². The molecule has 2 aromatic rings. The molecule has 0 atom stereocenters. The zero-order valence-corrected chi connectivity index (χ0v) is 14.3. The van der Waals surface area contributed by atoms with Crippen molar-refractivity contribution in [1.82, 2.24) is 20.1 Å². The van der Waals surface area contributed by atoms with Crippen LogP contribution in [0.2, 0.25) is 0 Å². The number of aromatic nitrogens is 3. The van der Waals surface area contributed by atoms with Crippen LogP contribution in [0.5, 0.6) is 5.75 Å². The van der Waals surface area contributed by atoms with Gasteiger partial charge in [0, 0.05) is 13.0 Å². The van der Waals surface area contributed by atoms with E-state index >= 15 is 0 Å². The van der Waals surface area contributed by atoms with Crippen LogP contribution in [0.4, 0.5) is 0 Å². The quantitative estimate of drug-likeness (QED) is 0.914.